The average molecular weight is 342 g/mol. The molecule has 0 aliphatic heterocycles. The van der Waals surface area contributed by atoms with E-state index in [2.05, 4.69) is 10.4 Å². The molecule has 0 radical (unpaired) electrons. The molecule has 0 saturated carbocycles. The summed E-state index contributed by atoms with van der Waals surface area (Å²) in [7, 11) is 1.90. The van der Waals surface area contributed by atoms with Gasteiger partial charge in [-0.25, -0.2) is 0 Å². The van der Waals surface area contributed by atoms with Gasteiger partial charge in [-0.05, 0) is 56.5 Å². The van der Waals surface area contributed by atoms with Gasteiger partial charge in [0, 0.05) is 37.0 Å². The van der Waals surface area contributed by atoms with Gasteiger partial charge in [0.05, 0.1) is 10.6 Å². The maximum absolute atomic E-state index is 12.0. The third-order valence-electron chi connectivity index (χ3n) is 4.09. The van der Waals surface area contributed by atoms with Gasteiger partial charge in [-0.1, -0.05) is 0 Å². The summed E-state index contributed by atoms with van der Waals surface area (Å²) in [4.78, 5) is 22.2. The fraction of sp³-hybridized carbons (Fsp3) is 0.333. The molecule has 0 aliphatic rings. The van der Waals surface area contributed by atoms with Crippen molar-refractivity contribution in [3.05, 3.63) is 63.0 Å². The molecule has 132 valence electrons. The summed E-state index contributed by atoms with van der Waals surface area (Å²) in [6, 6.07) is 6.00. The number of benzene rings is 1. The fourth-order valence-electron chi connectivity index (χ4n) is 2.64. The Bertz CT molecular complexity index is 806. The highest BCUT2D eigenvalue weighted by Crippen LogP contribution is 2.15. The Morgan fingerprint density at radius 1 is 1.36 bits per heavy atom. The maximum atomic E-state index is 12.0. The number of rotatable bonds is 6. The first kappa shape index (κ1) is 18.4. The van der Waals surface area contributed by atoms with Crippen LogP contribution >= 0.6 is 0 Å². The predicted molar refractivity (Wildman–Crippen MR) is 96.1 cm³/mol. The summed E-state index contributed by atoms with van der Waals surface area (Å²) in [5.41, 5.74) is 3.97. The van der Waals surface area contributed by atoms with Crippen LogP contribution in [0.2, 0.25) is 0 Å². The number of hydrogen-bond acceptors (Lipinski definition) is 4. The molecule has 1 atom stereocenters. The first-order valence-corrected chi connectivity index (χ1v) is 8.00. The Morgan fingerprint density at radius 3 is 2.52 bits per heavy atom. The largest absolute Gasteiger partial charge is 0.350 e. The van der Waals surface area contributed by atoms with Gasteiger partial charge in [-0.15, -0.1) is 0 Å². The van der Waals surface area contributed by atoms with Crippen molar-refractivity contribution in [3.63, 3.8) is 0 Å². The van der Waals surface area contributed by atoms with E-state index in [0.29, 0.717) is 6.42 Å². The highest BCUT2D eigenvalue weighted by Gasteiger charge is 2.13. The highest BCUT2D eigenvalue weighted by atomic mass is 16.6. The van der Waals surface area contributed by atoms with Gasteiger partial charge in [-0.3, -0.25) is 19.6 Å². The number of nitro groups is 1. The number of hydrogen-bond donors (Lipinski definition) is 1. The molecule has 0 aliphatic carbocycles. The molecule has 7 heteroatoms. The molecular formula is C18H22N4O3. The van der Waals surface area contributed by atoms with E-state index in [1.807, 2.05) is 32.5 Å². The molecule has 1 amide bonds. The molecule has 0 spiro atoms. The highest BCUT2D eigenvalue weighted by molar-refractivity contribution is 5.91. The van der Waals surface area contributed by atoms with Crippen LogP contribution in [0.15, 0.2) is 30.3 Å². The van der Waals surface area contributed by atoms with Gasteiger partial charge in [-0.2, -0.15) is 5.10 Å². The van der Waals surface area contributed by atoms with E-state index in [4.69, 9.17) is 0 Å². The number of carbonyl (C=O) groups excluding carboxylic acids is 1. The zero-order chi connectivity index (χ0) is 18.6. The van der Waals surface area contributed by atoms with E-state index in [1.165, 1.54) is 18.2 Å². The van der Waals surface area contributed by atoms with Crippen molar-refractivity contribution in [1.82, 2.24) is 15.1 Å². The zero-order valence-electron chi connectivity index (χ0n) is 14.8. The second kappa shape index (κ2) is 7.74. The quantitative estimate of drug-likeness (QED) is 0.496. The van der Waals surface area contributed by atoms with Crippen molar-refractivity contribution in [3.8, 4) is 0 Å². The maximum Gasteiger partial charge on any atom is 0.269 e. The Morgan fingerprint density at radius 2 is 2.00 bits per heavy atom. The van der Waals surface area contributed by atoms with E-state index in [1.54, 1.807) is 18.2 Å². The van der Waals surface area contributed by atoms with E-state index in [9.17, 15) is 14.9 Å². The van der Waals surface area contributed by atoms with Gasteiger partial charge < -0.3 is 5.32 Å². The van der Waals surface area contributed by atoms with Gasteiger partial charge in [0.2, 0.25) is 5.91 Å². The second-order valence-electron chi connectivity index (χ2n) is 6.07. The van der Waals surface area contributed by atoms with Gasteiger partial charge in [0.15, 0.2) is 0 Å². The van der Waals surface area contributed by atoms with Crippen molar-refractivity contribution in [2.75, 3.05) is 0 Å². The molecule has 25 heavy (non-hydrogen) atoms. The minimum absolute atomic E-state index is 0.0254. The first-order valence-electron chi connectivity index (χ1n) is 8.00. The predicted octanol–water partition coefficient (Wildman–Crippen LogP) is 2.71. The molecule has 1 aromatic heterocycles. The number of carbonyl (C=O) groups is 1. The van der Waals surface area contributed by atoms with Gasteiger partial charge in [0.1, 0.15) is 0 Å². The standard InChI is InChI=1S/C18H22N4O3/c1-12(11-17-13(2)20-21(4)14(17)3)19-18(23)10-7-15-5-8-16(9-6-15)22(24)25/h5-10,12H,11H2,1-4H3,(H,19,23)/b10-7+. The summed E-state index contributed by atoms with van der Waals surface area (Å²) >= 11 is 0. The van der Waals surface area contributed by atoms with Crippen LogP contribution in [0.25, 0.3) is 6.08 Å². The number of nitrogens with zero attached hydrogens (tertiary/aromatic N) is 3. The number of amides is 1. The van der Waals surface area contributed by atoms with Crippen LogP contribution in [0.5, 0.6) is 0 Å². The minimum atomic E-state index is -0.454. The molecule has 7 nitrogen and oxygen atoms in total. The summed E-state index contributed by atoms with van der Waals surface area (Å²) in [5.74, 6) is -0.204. The van der Waals surface area contributed by atoms with Crippen molar-refractivity contribution in [2.45, 2.75) is 33.2 Å². The van der Waals surface area contributed by atoms with Crippen LogP contribution in [0, 0.1) is 24.0 Å². The summed E-state index contributed by atoms with van der Waals surface area (Å²) in [6.07, 6.45) is 3.77. The topological polar surface area (TPSA) is 90.1 Å². The van der Waals surface area contributed by atoms with Crippen molar-refractivity contribution in [2.24, 2.45) is 7.05 Å². The molecule has 1 N–H and O–H groups in total. The molecule has 1 aromatic carbocycles. The van der Waals surface area contributed by atoms with Crippen molar-refractivity contribution in [1.29, 1.82) is 0 Å². The number of aromatic nitrogens is 2. The lowest BCUT2D eigenvalue weighted by atomic mass is 10.1. The zero-order valence-corrected chi connectivity index (χ0v) is 14.8. The van der Waals surface area contributed by atoms with Crippen LogP contribution in [-0.4, -0.2) is 26.7 Å². The number of aryl methyl sites for hydroxylation is 2. The minimum Gasteiger partial charge on any atom is -0.350 e. The molecule has 0 saturated heterocycles. The van der Waals surface area contributed by atoms with Crippen molar-refractivity contribution >= 4 is 17.7 Å². The molecular weight excluding hydrogens is 320 g/mol. The third kappa shape index (κ3) is 4.76. The van der Waals surface area contributed by atoms with E-state index < -0.39 is 4.92 Å². The molecule has 1 heterocycles. The fourth-order valence-corrected chi connectivity index (χ4v) is 2.64. The Labute approximate surface area is 146 Å². The summed E-state index contributed by atoms with van der Waals surface area (Å²) < 4.78 is 1.84. The molecule has 0 fully saturated rings. The third-order valence-corrected chi connectivity index (χ3v) is 4.09. The average Bonchev–Trinajstić information content (AvgIpc) is 2.79. The lowest BCUT2D eigenvalue weighted by molar-refractivity contribution is -0.384. The normalized spacial score (nSPS) is 12.3. The van der Waals surface area contributed by atoms with Crippen LogP contribution in [0.1, 0.15) is 29.4 Å². The number of non-ortho nitro benzene ring substituents is 1. The molecule has 1 unspecified atom stereocenters. The Balaban J connectivity index is 1.93. The Hall–Kier alpha value is -2.96. The molecule has 2 rings (SSSR count). The lowest BCUT2D eigenvalue weighted by Gasteiger charge is -2.13. The van der Waals surface area contributed by atoms with Crippen LogP contribution < -0.4 is 5.32 Å². The Kier molecular flexibility index (Phi) is 5.69. The first-order chi connectivity index (χ1) is 11.8. The SMILES string of the molecule is Cc1nn(C)c(C)c1CC(C)NC(=O)/C=C/c1ccc([N+](=O)[O-])cc1. The van der Waals surface area contributed by atoms with Crippen LogP contribution in [-0.2, 0) is 18.3 Å². The van der Waals surface area contributed by atoms with E-state index in [-0.39, 0.29) is 17.6 Å². The second-order valence-corrected chi connectivity index (χ2v) is 6.07. The monoisotopic (exact) mass is 342 g/mol. The smallest absolute Gasteiger partial charge is 0.269 e. The lowest BCUT2D eigenvalue weighted by Crippen LogP contribution is -2.33. The van der Waals surface area contributed by atoms with E-state index >= 15 is 0 Å². The number of nitro benzene ring substituents is 1. The van der Waals surface area contributed by atoms with Crippen LogP contribution in [0.4, 0.5) is 5.69 Å². The van der Waals surface area contributed by atoms with Gasteiger partial charge in [0.25, 0.3) is 5.69 Å². The van der Waals surface area contributed by atoms with Crippen molar-refractivity contribution < 1.29 is 9.72 Å². The van der Waals surface area contributed by atoms with E-state index in [0.717, 1.165) is 22.5 Å². The molecule has 2 aromatic rings. The number of nitrogens with one attached hydrogen (secondary N) is 1. The van der Waals surface area contributed by atoms with Gasteiger partial charge >= 0.3 is 0 Å². The molecule has 0 bridgehead atoms. The van der Waals surface area contributed by atoms with Crippen LogP contribution in [0.3, 0.4) is 0 Å². The summed E-state index contributed by atoms with van der Waals surface area (Å²) in [6.45, 7) is 5.92. The summed E-state index contributed by atoms with van der Waals surface area (Å²) in [5, 5.41) is 17.9.